The molecule has 0 heterocycles. The van der Waals surface area contributed by atoms with E-state index in [-0.39, 0.29) is 9.76 Å². The summed E-state index contributed by atoms with van der Waals surface area (Å²) in [5.41, 5.74) is 0. The van der Waals surface area contributed by atoms with Crippen LogP contribution in [-0.2, 0) is 16.8 Å². The predicted octanol–water partition coefficient (Wildman–Crippen LogP) is 0.217. The number of rotatable bonds is 7. The van der Waals surface area contributed by atoms with Crippen LogP contribution < -0.4 is 0 Å². The van der Waals surface area contributed by atoms with Gasteiger partial charge in [-0.25, -0.2) is 0 Å². The summed E-state index contributed by atoms with van der Waals surface area (Å²) in [6, 6.07) is 0. The highest BCUT2D eigenvalue weighted by atomic mass is 28.5. The van der Waals surface area contributed by atoms with Crippen LogP contribution in [-0.4, -0.2) is 44.0 Å². The molecule has 0 aromatic rings. The minimum Gasteiger partial charge on any atom is -0.447 e. The molecule has 0 aromatic carbocycles. The van der Waals surface area contributed by atoms with E-state index in [0.29, 0.717) is 0 Å². The first-order valence-corrected chi connectivity index (χ1v) is 13.6. The van der Waals surface area contributed by atoms with E-state index in [0.717, 1.165) is 0 Å². The maximum Gasteiger partial charge on any atom is 0.322 e. The van der Waals surface area contributed by atoms with E-state index >= 15 is 0 Å². The zero-order chi connectivity index (χ0) is 11.2. The third kappa shape index (κ3) is 7.06. The van der Waals surface area contributed by atoms with Gasteiger partial charge in [-0.15, -0.1) is 0 Å². The van der Waals surface area contributed by atoms with Crippen molar-refractivity contribution in [2.75, 3.05) is 7.11 Å². The van der Waals surface area contributed by atoms with Crippen molar-refractivity contribution >= 4 is 36.9 Å². The molecule has 0 radical (unpaired) electrons. The zero-order valence-corrected chi connectivity index (χ0v) is 14.9. The molecule has 0 aliphatic carbocycles. The van der Waals surface area contributed by atoms with Crippen LogP contribution in [0.4, 0.5) is 0 Å². The van der Waals surface area contributed by atoms with Gasteiger partial charge < -0.3 is 16.8 Å². The lowest BCUT2D eigenvalue weighted by Gasteiger charge is -2.31. The van der Waals surface area contributed by atoms with Crippen LogP contribution in [0.1, 0.15) is 0 Å². The summed E-state index contributed by atoms with van der Waals surface area (Å²) in [6.07, 6.45) is 0. The van der Waals surface area contributed by atoms with Gasteiger partial charge >= 0.3 is 17.1 Å². The van der Waals surface area contributed by atoms with Crippen molar-refractivity contribution in [2.45, 2.75) is 32.7 Å². The van der Waals surface area contributed by atoms with Crippen LogP contribution in [0, 0.1) is 0 Å². The molecular formula is C6H22O4Si4. The lowest BCUT2D eigenvalue weighted by atomic mass is 11.8. The first kappa shape index (κ1) is 14.7. The van der Waals surface area contributed by atoms with Gasteiger partial charge in [0.1, 0.15) is 9.76 Å². The third-order valence-electron chi connectivity index (χ3n) is 1.68. The van der Waals surface area contributed by atoms with Gasteiger partial charge in [-0.3, -0.25) is 0 Å². The van der Waals surface area contributed by atoms with E-state index in [2.05, 4.69) is 6.55 Å². The molecule has 4 nitrogen and oxygen atoms in total. The van der Waals surface area contributed by atoms with Gasteiger partial charge in [-0.2, -0.15) is 0 Å². The van der Waals surface area contributed by atoms with E-state index in [4.69, 9.17) is 16.8 Å². The van der Waals surface area contributed by atoms with Crippen molar-refractivity contribution in [1.82, 2.24) is 0 Å². The molecule has 0 rings (SSSR count). The van der Waals surface area contributed by atoms with Gasteiger partial charge in [-0.1, -0.05) is 6.55 Å². The Kier molecular flexibility index (Phi) is 6.64. The minimum atomic E-state index is -2.00. The average molecular weight is 271 g/mol. The molecule has 0 saturated heterocycles. The molecule has 86 valence electrons. The Morgan fingerprint density at radius 2 is 1.57 bits per heavy atom. The summed E-state index contributed by atoms with van der Waals surface area (Å²) in [4.78, 5) is 0. The standard InChI is InChI=1S/C6H22O4Si4/c1-7-13(3,4)10-14(5,6)9-12-8-11-2/h11-12H2,1-6H3. The average Bonchev–Trinajstić information content (AvgIpc) is 2.03. The van der Waals surface area contributed by atoms with E-state index in [1.165, 1.54) is 0 Å². The second-order valence-electron chi connectivity index (χ2n) is 3.86. The fourth-order valence-electron chi connectivity index (χ4n) is 0.930. The Morgan fingerprint density at radius 3 is 2.00 bits per heavy atom. The zero-order valence-electron chi connectivity index (χ0n) is 10.0. The number of hydrogen-bond acceptors (Lipinski definition) is 4. The first-order valence-electron chi connectivity index (χ1n) is 4.80. The molecule has 0 atom stereocenters. The maximum absolute atomic E-state index is 5.92. The van der Waals surface area contributed by atoms with Crippen molar-refractivity contribution in [3.05, 3.63) is 0 Å². The van der Waals surface area contributed by atoms with Crippen LogP contribution in [0.3, 0.4) is 0 Å². The van der Waals surface area contributed by atoms with Crippen LogP contribution >= 0.6 is 0 Å². The van der Waals surface area contributed by atoms with Gasteiger partial charge in [0, 0.05) is 7.11 Å². The highest BCUT2D eigenvalue weighted by Gasteiger charge is 2.35. The SMILES string of the molecule is CO[Si](C)(C)O[Si](C)(C)O[SiH2]O[SiH2]C. The fraction of sp³-hybridized carbons (Fsp3) is 1.00. The molecule has 0 unspecified atom stereocenters. The Labute approximate surface area is 93.8 Å². The third-order valence-corrected chi connectivity index (χ3v) is 12.1. The van der Waals surface area contributed by atoms with Crippen LogP contribution in [0.5, 0.6) is 0 Å². The van der Waals surface area contributed by atoms with Gasteiger partial charge in [0.05, 0.1) is 0 Å². The highest BCUT2D eigenvalue weighted by molar-refractivity contribution is 6.80. The van der Waals surface area contributed by atoms with Crippen molar-refractivity contribution in [3.8, 4) is 0 Å². The Bertz CT molecular complexity index is 164. The van der Waals surface area contributed by atoms with E-state index in [1.54, 1.807) is 7.11 Å². The molecule has 0 saturated carbocycles. The van der Waals surface area contributed by atoms with Crippen LogP contribution in [0.25, 0.3) is 0 Å². The second kappa shape index (κ2) is 6.32. The Balaban J connectivity index is 3.93. The van der Waals surface area contributed by atoms with Gasteiger partial charge in [-0.05, 0) is 26.2 Å². The van der Waals surface area contributed by atoms with Crippen LogP contribution in [0.15, 0.2) is 0 Å². The molecule has 0 spiro atoms. The molecule has 0 bridgehead atoms. The first-order chi connectivity index (χ1) is 6.33. The quantitative estimate of drug-likeness (QED) is 0.490. The summed E-state index contributed by atoms with van der Waals surface area (Å²) in [6.45, 7) is 10.3. The molecule has 0 aliphatic heterocycles. The van der Waals surface area contributed by atoms with Crippen molar-refractivity contribution in [2.24, 2.45) is 0 Å². The Hall–Kier alpha value is 0.708. The highest BCUT2D eigenvalue weighted by Crippen LogP contribution is 2.15. The molecule has 8 heteroatoms. The van der Waals surface area contributed by atoms with Gasteiger partial charge in [0.15, 0.2) is 0 Å². The molecule has 0 fully saturated rings. The minimum absolute atomic E-state index is 0.319. The normalized spacial score (nSPS) is 15.0. The molecule has 14 heavy (non-hydrogen) atoms. The fourth-order valence-corrected chi connectivity index (χ4v) is 9.65. The largest absolute Gasteiger partial charge is 0.447 e. The monoisotopic (exact) mass is 270 g/mol. The molecular weight excluding hydrogens is 248 g/mol. The van der Waals surface area contributed by atoms with Crippen molar-refractivity contribution in [3.63, 3.8) is 0 Å². The predicted molar refractivity (Wildman–Crippen MR) is 68.2 cm³/mol. The molecule has 0 N–H and O–H groups in total. The van der Waals surface area contributed by atoms with Crippen molar-refractivity contribution < 1.29 is 16.8 Å². The Morgan fingerprint density at radius 1 is 1.00 bits per heavy atom. The summed E-state index contributed by atoms with van der Waals surface area (Å²) >= 11 is 0. The molecule has 0 aromatic heterocycles. The molecule has 0 aliphatic rings. The lowest BCUT2D eigenvalue weighted by Crippen LogP contribution is -2.48. The summed E-state index contributed by atoms with van der Waals surface area (Å²) in [5, 5.41) is 0. The lowest BCUT2D eigenvalue weighted by molar-refractivity contribution is 0.277. The summed E-state index contributed by atoms with van der Waals surface area (Å²) in [7, 11) is -3.38. The van der Waals surface area contributed by atoms with E-state index in [1.807, 2.05) is 26.2 Å². The van der Waals surface area contributed by atoms with E-state index < -0.39 is 27.1 Å². The topological polar surface area (TPSA) is 36.9 Å². The van der Waals surface area contributed by atoms with Crippen molar-refractivity contribution in [1.29, 1.82) is 0 Å². The summed E-state index contributed by atoms with van der Waals surface area (Å²) in [5.74, 6) is 0. The van der Waals surface area contributed by atoms with E-state index in [9.17, 15) is 0 Å². The summed E-state index contributed by atoms with van der Waals surface area (Å²) < 4.78 is 22.4. The van der Waals surface area contributed by atoms with Gasteiger partial charge in [0.25, 0.3) is 10.0 Å². The second-order valence-corrected chi connectivity index (χ2v) is 14.3. The maximum atomic E-state index is 5.92. The number of hydrogen-bond donors (Lipinski definition) is 0. The molecule has 0 amide bonds. The smallest absolute Gasteiger partial charge is 0.322 e. The van der Waals surface area contributed by atoms with Crippen LogP contribution in [0.2, 0.25) is 32.7 Å². The van der Waals surface area contributed by atoms with Gasteiger partial charge in [0.2, 0.25) is 0 Å².